The lowest BCUT2D eigenvalue weighted by Gasteiger charge is -2.16. The van der Waals surface area contributed by atoms with Crippen molar-refractivity contribution in [2.24, 2.45) is 0 Å². The van der Waals surface area contributed by atoms with Crippen molar-refractivity contribution in [3.63, 3.8) is 0 Å². The minimum Gasteiger partial charge on any atom is -0.493 e. The highest BCUT2D eigenvalue weighted by Gasteiger charge is 2.33. The molecule has 0 aliphatic carbocycles. The Balaban J connectivity index is 1.93. The molecule has 0 bridgehead atoms. The highest BCUT2D eigenvalue weighted by molar-refractivity contribution is 5.55. The van der Waals surface area contributed by atoms with Crippen molar-refractivity contribution in [2.75, 3.05) is 34.5 Å². The van der Waals surface area contributed by atoms with E-state index >= 15 is 0 Å². The van der Waals surface area contributed by atoms with E-state index in [9.17, 15) is 13.2 Å². The normalized spacial score (nSPS) is 11.2. The summed E-state index contributed by atoms with van der Waals surface area (Å²) >= 11 is 0. The Morgan fingerprint density at radius 3 is 2.19 bits per heavy atom. The van der Waals surface area contributed by atoms with E-state index in [1.807, 2.05) is 6.07 Å². The van der Waals surface area contributed by atoms with Gasteiger partial charge in [0.2, 0.25) is 5.75 Å². The fraction of sp³-hybridized carbons (Fsp3) is 0.368. The van der Waals surface area contributed by atoms with Gasteiger partial charge >= 0.3 is 6.18 Å². The van der Waals surface area contributed by atoms with Gasteiger partial charge in [-0.3, -0.25) is 0 Å². The Morgan fingerprint density at radius 2 is 1.56 bits per heavy atom. The average Bonchev–Trinajstić information content (AvgIpc) is 2.66. The third-order valence-electron chi connectivity index (χ3n) is 3.83. The minimum absolute atomic E-state index is 0.0860. The first kappa shape index (κ1) is 20.7. The summed E-state index contributed by atoms with van der Waals surface area (Å²) in [6, 6.07) is 8.72. The van der Waals surface area contributed by atoms with Gasteiger partial charge < -0.3 is 24.3 Å². The van der Waals surface area contributed by atoms with E-state index in [0.717, 1.165) is 11.6 Å². The number of hydrogen-bond donors (Lipinski definition) is 1. The second kappa shape index (κ2) is 9.36. The van der Waals surface area contributed by atoms with E-state index in [-0.39, 0.29) is 12.4 Å². The number of benzene rings is 2. The molecule has 0 atom stereocenters. The van der Waals surface area contributed by atoms with Crippen LogP contribution in [0.3, 0.4) is 0 Å². The predicted octanol–water partition coefficient (Wildman–Crippen LogP) is 3.90. The quantitative estimate of drug-likeness (QED) is 0.664. The summed E-state index contributed by atoms with van der Waals surface area (Å²) in [5.74, 6) is 1.38. The summed E-state index contributed by atoms with van der Waals surface area (Å²) in [5.41, 5.74) is 0.0393. The molecule has 148 valence electrons. The summed E-state index contributed by atoms with van der Waals surface area (Å²) in [4.78, 5) is 0. The van der Waals surface area contributed by atoms with Gasteiger partial charge in [-0.2, -0.15) is 13.2 Å². The molecule has 27 heavy (non-hydrogen) atoms. The van der Waals surface area contributed by atoms with E-state index in [0.29, 0.717) is 30.3 Å². The Labute approximate surface area is 156 Å². The van der Waals surface area contributed by atoms with Gasteiger partial charge in [0.15, 0.2) is 11.5 Å². The Hall–Kier alpha value is -2.61. The molecule has 0 radical (unpaired) electrons. The van der Waals surface area contributed by atoms with Gasteiger partial charge in [-0.1, -0.05) is 18.2 Å². The summed E-state index contributed by atoms with van der Waals surface area (Å²) in [5, 5.41) is 3.11. The summed E-state index contributed by atoms with van der Waals surface area (Å²) in [7, 11) is 4.58. The molecule has 2 aromatic carbocycles. The van der Waals surface area contributed by atoms with Crippen LogP contribution in [0, 0.1) is 0 Å². The zero-order chi connectivity index (χ0) is 19.9. The van der Waals surface area contributed by atoms with Crippen LogP contribution >= 0.6 is 0 Å². The first-order valence-corrected chi connectivity index (χ1v) is 8.20. The standard InChI is InChI=1S/C19H22F3NO4/c1-24-16-9-8-13(17(25-2)18(16)26-3)12-23-10-11-27-15-7-5-4-6-14(15)19(20,21)22/h4-9,23H,10-12H2,1-3H3. The minimum atomic E-state index is -4.45. The summed E-state index contributed by atoms with van der Waals surface area (Å²) < 4.78 is 60.0. The van der Waals surface area contributed by atoms with E-state index < -0.39 is 11.7 Å². The monoisotopic (exact) mass is 385 g/mol. The van der Waals surface area contributed by atoms with Crippen molar-refractivity contribution >= 4 is 0 Å². The number of methoxy groups -OCH3 is 3. The van der Waals surface area contributed by atoms with Crippen LogP contribution in [-0.2, 0) is 12.7 Å². The van der Waals surface area contributed by atoms with Gasteiger partial charge in [0.05, 0.1) is 26.9 Å². The summed E-state index contributed by atoms with van der Waals surface area (Å²) in [6.45, 7) is 0.861. The van der Waals surface area contributed by atoms with Gasteiger partial charge in [0.25, 0.3) is 0 Å². The van der Waals surface area contributed by atoms with Crippen molar-refractivity contribution < 1.29 is 32.1 Å². The zero-order valence-corrected chi connectivity index (χ0v) is 15.4. The fourth-order valence-corrected chi connectivity index (χ4v) is 2.59. The first-order chi connectivity index (χ1) is 12.9. The number of hydrogen-bond acceptors (Lipinski definition) is 5. The third-order valence-corrected chi connectivity index (χ3v) is 3.83. The molecule has 0 spiro atoms. The van der Waals surface area contributed by atoms with E-state index in [1.165, 1.54) is 39.5 Å². The molecule has 8 heteroatoms. The molecule has 0 fully saturated rings. The maximum absolute atomic E-state index is 12.9. The second-order valence-corrected chi connectivity index (χ2v) is 5.51. The molecule has 2 aromatic rings. The van der Waals surface area contributed by atoms with Gasteiger partial charge in [0, 0.05) is 18.7 Å². The molecule has 0 saturated carbocycles. The van der Waals surface area contributed by atoms with Crippen LogP contribution in [0.25, 0.3) is 0 Å². The molecular formula is C19H22F3NO4. The van der Waals surface area contributed by atoms with Crippen molar-refractivity contribution in [2.45, 2.75) is 12.7 Å². The topological polar surface area (TPSA) is 49.0 Å². The lowest BCUT2D eigenvalue weighted by Crippen LogP contribution is -2.21. The van der Waals surface area contributed by atoms with Crippen molar-refractivity contribution in [3.8, 4) is 23.0 Å². The molecular weight excluding hydrogens is 363 g/mol. The van der Waals surface area contributed by atoms with Crippen molar-refractivity contribution in [1.29, 1.82) is 0 Å². The average molecular weight is 385 g/mol. The zero-order valence-electron chi connectivity index (χ0n) is 15.4. The highest BCUT2D eigenvalue weighted by Crippen LogP contribution is 2.39. The molecule has 0 heterocycles. The van der Waals surface area contributed by atoms with Crippen LogP contribution in [-0.4, -0.2) is 34.5 Å². The van der Waals surface area contributed by atoms with Gasteiger partial charge in [0.1, 0.15) is 12.4 Å². The molecule has 0 aliphatic heterocycles. The first-order valence-electron chi connectivity index (χ1n) is 8.20. The van der Waals surface area contributed by atoms with Gasteiger partial charge in [-0.25, -0.2) is 0 Å². The van der Waals surface area contributed by atoms with Crippen LogP contribution in [0.5, 0.6) is 23.0 Å². The molecule has 1 N–H and O–H groups in total. The second-order valence-electron chi connectivity index (χ2n) is 5.51. The lowest BCUT2D eigenvalue weighted by atomic mass is 10.1. The largest absolute Gasteiger partial charge is 0.493 e. The summed E-state index contributed by atoms with van der Waals surface area (Å²) in [6.07, 6.45) is -4.45. The molecule has 5 nitrogen and oxygen atoms in total. The maximum atomic E-state index is 12.9. The van der Waals surface area contributed by atoms with E-state index in [2.05, 4.69) is 5.32 Å². The lowest BCUT2D eigenvalue weighted by molar-refractivity contribution is -0.138. The predicted molar refractivity (Wildman–Crippen MR) is 94.7 cm³/mol. The van der Waals surface area contributed by atoms with Crippen LogP contribution < -0.4 is 24.3 Å². The molecule has 0 aromatic heterocycles. The number of alkyl halides is 3. The molecule has 0 saturated heterocycles. The third kappa shape index (κ3) is 5.19. The maximum Gasteiger partial charge on any atom is 0.419 e. The van der Waals surface area contributed by atoms with Crippen molar-refractivity contribution in [1.82, 2.24) is 5.32 Å². The van der Waals surface area contributed by atoms with E-state index in [4.69, 9.17) is 18.9 Å². The highest BCUT2D eigenvalue weighted by atomic mass is 19.4. The fourth-order valence-electron chi connectivity index (χ4n) is 2.59. The Kier molecular flexibility index (Phi) is 7.18. The molecule has 0 amide bonds. The Morgan fingerprint density at radius 1 is 0.852 bits per heavy atom. The number of rotatable bonds is 9. The number of halogens is 3. The molecule has 0 aliphatic rings. The Bertz CT molecular complexity index is 750. The number of nitrogens with one attached hydrogen (secondary N) is 1. The molecule has 2 rings (SSSR count). The SMILES string of the molecule is COc1ccc(CNCCOc2ccccc2C(F)(F)F)c(OC)c1OC. The van der Waals surface area contributed by atoms with Crippen LogP contribution in [0.1, 0.15) is 11.1 Å². The smallest absolute Gasteiger partial charge is 0.419 e. The van der Waals surface area contributed by atoms with E-state index in [1.54, 1.807) is 6.07 Å². The number of para-hydroxylation sites is 1. The van der Waals surface area contributed by atoms with Crippen LogP contribution in [0.15, 0.2) is 36.4 Å². The number of ether oxygens (including phenoxy) is 4. The van der Waals surface area contributed by atoms with Gasteiger partial charge in [-0.05, 0) is 18.2 Å². The van der Waals surface area contributed by atoms with Crippen molar-refractivity contribution in [3.05, 3.63) is 47.5 Å². The molecule has 0 unspecified atom stereocenters. The van der Waals surface area contributed by atoms with Crippen LogP contribution in [0.4, 0.5) is 13.2 Å². The van der Waals surface area contributed by atoms with Crippen LogP contribution in [0.2, 0.25) is 0 Å². The van der Waals surface area contributed by atoms with Gasteiger partial charge in [-0.15, -0.1) is 0 Å².